The number of ether oxygens (including phenoxy) is 1. The van der Waals surface area contributed by atoms with Crippen LogP contribution in [0, 0.1) is 0 Å². The molecule has 0 fully saturated rings. The summed E-state index contributed by atoms with van der Waals surface area (Å²) < 4.78 is 7.04. The fourth-order valence-electron chi connectivity index (χ4n) is 1.69. The minimum atomic E-state index is -0.663. The highest BCUT2D eigenvalue weighted by Crippen LogP contribution is 2.30. The van der Waals surface area contributed by atoms with Crippen LogP contribution in [0.25, 0.3) is 0 Å². The summed E-state index contributed by atoms with van der Waals surface area (Å²) in [5, 5.41) is 10.3. The molecule has 1 N–H and O–H groups in total. The number of rotatable bonds is 3. The van der Waals surface area contributed by atoms with Crippen molar-refractivity contribution >= 4 is 31.9 Å². The Kier molecular flexibility index (Phi) is 4.43. The Balaban J connectivity index is 2.34. The van der Waals surface area contributed by atoms with Gasteiger partial charge in [0, 0.05) is 8.95 Å². The lowest BCUT2D eigenvalue weighted by Gasteiger charge is -2.13. The lowest BCUT2D eigenvalue weighted by atomic mass is 10.0. The molecule has 0 saturated heterocycles. The molecule has 2 aromatic rings. The molecule has 2 rings (SSSR count). The normalized spacial score (nSPS) is 12.2. The SMILES string of the molecule is COc1cccc(C(O)c2ccc(Br)c(Br)c2)c1. The molecule has 0 saturated carbocycles. The largest absolute Gasteiger partial charge is 0.497 e. The van der Waals surface area contributed by atoms with Gasteiger partial charge in [-0.2, -0.15) is 0 Å². The Hall–Kier alpha value is -0.840. The van der Waals surface area contributed by atoms with Crippen molar-refractivity contribution in [2.75, 3.05) is 7.11 Å². The van der Waals surface area contributed by atoms with Crippen LogP contribution in [-0.2, 0) is 0 Å². The fourth-order valence-corrected chi connectivity index (χ4v) is 2.33. The minimum Gasteiger partial charge on any atom is -0.497 e. The smallest absolute Gasteiger partial charge is 0.119 e. The molecule has 18 heavy (non-hydrogen) atoms. The first-order valence-electron chi connectivity index (χ1n) is 5.39. The minimum absolute atomic E-state index is 0.663. The molecule has 1 unspecified atom stereocenters. The number of methoxy groups -OCH3 is 1. The molecule has 0 spiro atoms. The van der Waals surface area contributed by atoms with Gasteiger partial charge < -0.3 is 9.84 Å². The van der Waals surface area contributed by atoms with Crippen molar-refractivity contribution in [1.29, 1.82) is 0 Å². The van der Waals surface area contributed by atoms with E-state index in [9.17, 15) is 5.11 Å². The Morgan fingerprint density at radius 1 is 1.00 bits per heavy atom. The fraction of sp³-hybridized carbons (Fsp3) is 0.143. The molecule has 0 aliphatic heterocycles. The summed E-state index contributed by atoms with van der Waals surface area (Å²) >= 11 is 6.84. The Morgan fingerprint density at radius 3 is 2.39 bits per heavy atom. The first kappa shape index (κ1) is 13.6. The quantitative estimate of drug-likeness (QED) is 0.871. The van der Waals surface area contributed by atoms with E-state index in [1.165, 1.54) is 0 Å². The molecule has 94 valence electrons. The van der Waals surface area contributed by atoms with Gasteiger partial charge in [0.1, 0.15) is 11.9 Å². The van der Waals surface area contributed by atoms with E-state index in [4.69, 9.17) is 4.74 Å². The first-order chi connectivity index (χ1) is 8.61. The van der Waals surface area contributed by atoms with E-state index in [0.717, 1.165) is 25.8 Å². The van der Waals surface area contributed by atoms with Gasteiger partial charge in [-0.25, -0.2) is 0 Å². The third-order valence-corrected chi connectivity index (χ3v) is 4.55. The summed E-state index contributed by atoms with van der Waals surface area (Å²) in [6, 6.07) is 13.1. The van der Waals surface area contributed by atoms with E-state index in [2.05, 4.69) is 31.9 Å². The molecule has 0 aliphatic rings. The lowest BCUT2D eigenvalue weighted by molar-refractivity contribution is 0.219. The van der Waals surface area contributed by atoms with Gasteiger partial charge in [0.2, 0.25) is 0 Å². The van der Waals surface area contributed by atoms with Gasteiger partial charge in [0.05, 0.1) is 7.11 Å². The van der Waals surface area contributed by atoms with Gasteiger partial charge in [-0.15, -0.1) is 0 Å². The Labute approximate surface area is 123 Å². The van der Waals surface area contributed by atoms with E-state index in [1.54, 1.807) is 7.11 Å². The second-order valence-electron chi connectivity index (χ2n) is 3.85. The van der Waals surface area contributed by atoms with Crippen LogP contribution < -0.4 is 4.74 Å². The molecular weight excluding hydrogens is 360 g/mol. The Morgan fingerprint density at radius 2 is 1.72 bits per heavy atom. The number of aliphatic hydroxyl groups is 1. The van der Waals surface area contributed by atoms with Crippen molar-refractivity contribution in [2.45, 2.75) is 6.10 Å². The molecule has 0 amide bonds. The van der Waals surface area contributed by atoms with Crippen LogP contribution in [0.15, 0.2) is 51.4 Å². The zero-order valence-electron chi connectivity index (χ0n) is 9.73. The maximum atomic E-state index is 10.3. The highest BCUT2D eigenvalue weighted by atomic mass is 79.9. The molecule has 2 nitrogen and oxygen atoms in total. The van der Waals surface area contributed by atoms with E-state index in [0.29, 0.717) is 0 Å². The molecule has 0 aliphatic carbocycles. The van der Waals surface area contributed by atoms with Crippen molar-refractivity contribution in [3.8, 4) is 5.75 Å². The monoisotopic (exact) mass is 370 g/mol. The van der Waals surface area contributed by atoms with Crippen LogP contribution in [0.2, 0.25) is 0 Å². The molecule has 0 bridgehead atoms. The third kappa shape index (κ3) is 2.94. The average Bonchev–Trinajstić information content (AvgIpc) is 2.41. The topological polar surface area (TPSA) is 29.5 Å². The van der Waals surface area contributed by atoms with Crippen molar-refractivity contribution in [3.63, 3.8) is 0 Å². The Bertz CT molecular complexity index is 555. The number of halogens is 2. The molecule has 0 heterocycles. The summed E-state index contributed by atoms with van der Waals surface area (Å²) in [5.74, 6) is 0.739. The predicted molar refractivity (Wildman–Crippen MR) is 78.9 cm³/mol. The maximum Gasteiger partial charge on any atom is 0.119 e. The number of hydrogen-bond acceptors (Lipinski definition) is 2. The maximum absolute atomic E-state index is 10.3. The van der Waals surface area contributed by atoms with Crippen LogP contribution in [-0.4, -0.2) is 12.2 Å². The molecule has 0 radical (unpaired) electrons. The van der Waals surface area contributed by atoms with Crippen molar-refractivity contribution < 1.29 is 9.84 Å². The van der Waals surface area contributed by atoms with Gasteiger partial charge in [0.15, 0.2) is 0 Å². The zero-order chi connectivity index (χ0) is 13.1. The van der Waals surface area contributed by atoms with Crippen molar-refractivity contribution in [1.82, 2.24) is 0 Å². The third-order valence-electron chi connectivity index (χ3n) is 2.67. The first-order valence-corrected chi connectivity index (χ1v) is 6.97. The number of hydrogen-bond donors (Lipinski definition) is 1. The van der Waals surface area contributed by atoms with Gasteiger partial charge >= 0.3 is 0 Å². The van der Waals surface area contributed by atoms with Crippen LogP contribution in [0.3, 0.4) is 0 Å². The van der Waals surface area contributed by atoms with E-state index in [1.807, 2.05) is 42.5 Å². The predicted octanol–water partition coefficient (Wildman–Crippen LogP) is 4.30. The van der Waals surface area contributed by atoms with Gasteiger partial charge in [-0.1, -0.05) is 18.2 Å². The highest BCUT2D eigenvalue weighted by molar-refractivity contribution is 9.13. The van der Waals surface area contributed by atoms with Crippen LogP contribution >= 0.6 is 31.9 Å². The molecule has 0 aromatic heterocycles. The molecule has 4 heteroatoms. The number of benzene rings is 2. The summed E-state index contributed by atoms with van der Waals surface area (Å²) in [7, 11) is 1.61. The second-order valence-corrected chi connectivity index (χ2v) is 5.56. The van der Waals surface area contributed by atoms with Crippen LogP contribution in [0.4, 0.5) is 0 Å². The van der Waals surface area contributed by atoms with Crippen LogP contribution in [0.5, 0.6) is 5.75 Å². The molecule has 1 atom stereocenters. The van der Waals surface area contributed by atoms with Gasteiger partial charge in [-0.3, -0.25) is 0 Å². The highest BCUT2D eigenvalue weighted by Gasteiger charge is 2.12. The number of aliphatic hydroxyl groups excluding tert-OH is 1. The van der Waals surface area contributed by atoms with E-state index < -0.39 is 6.10 Å². The summed E-state index contributed by atoms with van der Waals surface area (Å²) in [4.78, 5) is 0. The summed E-state index contributed by atoms with van der Waals surface area (Å²) in [6.45, 7) is 0. The molecular formula is C14H12Br2O2. The van der Waals surface area contributed by atoms with Crippen molar-refractivity contribution in [3.05, 3.63) is 62.5 Å². The second kappa shape index (κ2) is 5.87. The summed E-state index contributed by atoms with van der Waals surface area (Å²) in [6.07, 6.45) is -0.663. The zero-order valence-corrected chi connectivity index (χ0v) is 12.9. The van der Waals surface area contributed by atoms with E-state index >= 15 is 0 Å². The van der Waals surface area contributed by atoms with Crippen LogP contribution in [0.1, 0.15) is 17.2 Å². The standard InChI is InChI=1S/C14H12Br2O2/c1-18-11-4-2-3-9(7-11)14(17)10-5-6-12(15)13(16)8-10/h2-8,14,17H,1H3. The lowest BCUT2D eigenvalue weighted by Crippen LogP contribution is -2.00. The molecule has 2 aromatic carbocycles. The van der Waals surface area contributed by atoms with Crippen molar-refractivity contribution in [2.24, 2.45) is 0 Å². The van der Waals surface area contributed by atoms with Gasteiger partial charge in [0.25, 0.3) is 0 Å². The van der Waals surface area contributed by atoms with Gasteiger partial charge in [-0.05, 0) is 67.3 Å². The summed E-state index contributed by atoms with van der Waals surface area (Å²) in [5.41, 5.74) is 1.64. The van der Waals surface area contributed by atoms with E-state index in [-0.39, 0.29) is 0 Å². The average molecular weight is 372 g/mol.